The van der Waals surface area contributed by atoms with E-state index in [1.54, 1.807) is 0 Å². The second-order valence-electron chi connectivity index (χ2n) is 2.47. The Labute approximate surface area is 125 Å². The van der Waals surface area contributed by atoms with Gasteiger partial charge in [-0.3, -0.25) is 5.28 Å². The molecule has 0 aromatic carbocycles. The van der Waals surface area contributed by atoms with Gasteiger partial charge >= 0.3 is 59.1 Å². The standard InChI is InChI=1S/C5H8N3O4.2Na/c9-5(10)4-2-1-3-7(4)8(12)6-11;;/h4H,1-3H2,(H,9,10);;/q-1;2*+1/p-1/t4-;;/m0../s1. The van der Waals surface area contributed by atoms with E-state index in [9.17, 15) is 20.0 Å². The minimum atomic E-state index is -1.35. The summed E-state index contributed by atoms with van der Waals surface area (Å²) in [6, 6.07) is -1.01. The van der Waals surface area contributed by atoms with Crippen molar-refractivity contribution in [1.29, 1.82) is 0 Å². The van der Waals surface area contributed by atoms with Crippen LogP contribution in [-0.2, 0) is 4.79 Å². The third-order valence-electron chi connectivity index (χ3n) is 1.79. The smallest absolute Gasteiger partial charge is 0.724 e. The second-order valence-corrected chi connectivity index (χ2v) is 2.47. The van der Waals surface area contributed by atoms with Gasteiger partial charge in [-0.1, -0.05) is 0 Å². The molecule has 0 aromatic rings. The van der Waals surface area contributed by atoms with Crippen molar-refractivity contribution in [3.05, 3.63) is 10.1 Å². The number of nitrogens with zero attached hydrogens (tertiary/aromatic N) is 3. The van der Waals surface area contributed by atoms with E-state index in [0.29, 0.717) is 12.8 Å². The van der Waals surface area contributed by atoms with Crippen molar-refractivity contribution in [3.8, 4) is 0 Å². The molecule has 0 aromatic heterocycles. The molecular weight excluding hydrogens is 212 g/mol. The van der Waals surface area contributed by atoms with Crippen LogP contribution in [0.1, 0.15) is 12.8 Å². The molecule has 0 amide bonds. The van der Waals surface area contributed by atoms with Crippen LogP contribution in [0, 0.1) is 10.1 Å². The van der Waals surface area contributed by atoms with E-state index in [2.05, 4.69) is 5.29 Å². The quantitative estimate of drug-likeness (QED) is 0.265. The van der Waals surface area contributed by atoms with Crippen molar-refractivity contribution >= 4 is 5.97 Å². The Kier molecular flexibility index (Phi) is 9.83. The van der Waals surface area contributed by atoms with E-state index in [-0.39, 0.29) is 70.9 Å². The molecule has 14 heavy (non-hydrogen) atoms. The Morgan fingerprint density at radius 1 is 1.50 bits per heavy atom. The molecule has 1 rings (SSSR count). The van der Waals surface area contributed by atoms with E-state index >= 15 is 0 Å². The number of carbonyl (C=O) groups is 1. The van der Waals surface area contributed by atoms with Gasteiger partial charge in [0.25, 0.3) is 0 Å². The van der Waals surface area contributed by atoms with E-state index in [0.717, 1.165) is 5.01 Å². The normalized spacial score (nSPS) is 20.5. The summed E-state index contributed by atoms with van der Waals surface area (Å²) in [6.45, 7) is 0.230. The van der Waals surface area contributed by atoms with Crippen LogP contribution in [0.4, 0.5) is 0 Å². The fourth-order valence-corrected chi connectivity index (χ4v) is 1.24. The average Bonchev–Trinajstić information content (AvgIpc) is 2.50. The third-order valence-corrected chi connectivity index (χ3v) is 1.79. The van der Waals surface area contributed by atoms with Gasteiger partial charge < -0.3 is 15.1 Å². The molecule has 0 unspecified atom stereocenters. The van der Waals surface area contributed by atoms with E-state index in [1.807, 2.05) is 0 Å². The predicted octanol–water partition coefficient (Wildman–Crippen LogP) is -7.40. The van der Waals surface area contributed by atoms with Crippen LogP contribution < -0.4 is 64.2 Å². The zero-order chi connectivity index (χ0) is 9.14. The van der Waals surface area contributed by atoms with Gasteiger partial charge in [0.2, 0.25) is 0 Å². The molecule has 0 radical (unpaired) electrons. The van der Waals surface area contributed by atoms with Gasteiger partial charge in [-0.15, -0.1) is 4.91 Å². The van der Waals surface area contributed by atoms with Crippen molar-refractivity contribution < 1.29 is 69.0 Å². The monoisotopic (exact) mass is 219 g/mol. The van der Waals surface area contributed by atoms with Crippen LogP contribution in [0.25, 0.3) is 0 Å². The number of aliphatic carboxylic acids is 1. The molecule has 1 saturated heterocycles. The third kappa shape index (κ3) is 4.11. The van der Waals surface area contributed by atoms with Crippen LogP contribution in [-0.4, -0.2) is 28.8 Å². The summed E-state index contributed by atoms with van der Waals surface area (Å²) >= 11 is 0. The number of hydrazine groups is 1. The minimum absolute atomic E-state index is 0. The van der Waals surface area contributed by atoms with Gasteiger partial charge in [-0.25, -0.2) is 5.01 Å². The topological polar surface area (TPSA) is 99.1 Å². The van der Waals surface area contributed by atoms with Gasteiger partial charge in [0, 0.05) is 6.54 Å². The van der Waals surface area contributed by atoms with Crippen molar-refractivity contribution in [1.82, 2.24) is 10.3 Å². The minimum Gasteiger partial charge on any atom is -0.724 e. The fraction of sp³-hybridized carbons (Fsp3) is 0.800. The number of hydrogen-bond acceptors (Lipinski definition) is 6. The Bertz CT molecular complexity index is 205. The molecule has 0 saturated carbocycles. The molecule has 9 heteroatoms. The van der Waals surface area contributed by atoms with E-state index < -0.39 is 12.0 Å². The van der Waals surface area contributed by atoms with E-state index in [1.165, 1.54) is 0 Å². The van der Waals surface area contributed by atoms with Gasteiger partial charge in [-0.2, -0.15) is 0 Å². The molecule has 0 N–H and O–H groups in total. The maximum Gasteiger partial charge on any atom is 1.00 e. The molecule has 7 nitrogen and oxygen atoms in total. The fourth-order valence-electron chi connectivity index (χ4n) is 1.24. The molecule has 1 aliphatic heterocycles. The molecule has 1 fully saturated rings. The van der Waals surface area contributed by atoms with Crippen LogP contribution in [0.15, 0.2) is 5.29 Å². The number of carboxylic acids is 1. The predicted molar refractivity (Wildman–Crippen MR) is 35.7 cm³/mol. The summed E-state index contributed by atoms with van der Waals surface area (Å²) in [5, 5.41) is 23.6. The summed E-state index contributed by atoms with van der Waals surface area (Å²) in [5.74, 6) is -1.35. The molecule has 1 atom stereocenters. The van der Waals surface area contributed by atoms with Crippen LogP contribution in [0.2, 0.25) is 0 Å². The number of carboxylic acid groups (broad SMARTS) is 1. The van der Waals surface area contributed by atoms with E-state index in [4.69, 9.17) is 0 Å². The molecule has 0 spiro atoms. The first kappa shape index (κ1) is 17.2. The SMILES string of the molecule is O=NN([O-])N1CCC[C@H]1C(=O)[O-].[Na+].[Na+]. The largest absolute Gasteiger partial charge is 1.00 e. The summed E-state index contributed by atoms with van der Waals surface area (Å²) < 4.78 is 0. The Hall–Kier alpha value is 0.790. The summed E-state index contributed by atoms with van der Waals surface area (Å²) in [5.41, 5.74) is 0. The van der Waals surface area contributed by atoms with Crippen molar-refractivity contribution in [2.24, 2.45) is 5.29 Å². The first-order chi connectivity index (χ1) is 5.66. The zero-order valence-electron chi connectivity index (χ0n) is 8.17. The van der Waals surface area contributed by atoms with Gasteiger partial charge in [0.15, 0.2) is 0 Å². The van der Waals surface area contributed by atoms with Crippen molar-refractivity contribution in [2.75, 3.05) is 6.54 Å². The van der Waals surface area contributed by atoms with Gasteiger partial charge in [-0.05, 0) is 12.8 Å². The number of carbonyl (C=O) groups excluding carboxylic acids is 1. The molecular formula is C5H7N3Na2O4. The van der Waals surface area contributed by atoms with Gasteiger partial charge in [0.05, 0.1) is 17.3 Å². The first-order valence-electron chi connectivity index (χ1n) is 3.44. The maximum atomic E-state index is 10.6. The van der Waals surface area contributed by atoms with Crippen molar-refractivity contribution in [3.63, 3.8) is 0 Å². The Morgan fingerprint density at radius 3 is 2.50 bits per heavy atom. The van der Waals surface area contributed by atoms with Crippen LogP contribution >= 0.6 is 0 Å². The molecule has 0 bridgehead atoms. The Morgan fingerprint density at radius 2 is 2.07 bits per heavy atom. The summed E-state index contributed by atoms with van der Waals surface area (Å²) in [7, 11) is 0. The summed E-state index contributed by atoms with van der Waals surface area (Å²) in [6.07, 6.45) is 0.865. The van der Waals surface area contributed by atoms with Crippen LogP contribution in [0.3, 0.4) is 0 Å². The zero-order valence-corrected chi connectivity index (χ0v) is 12.2. The maximum absolute atomic E-state index is 10.6. The summed E-state index contributed by atoms with van der Waals surface area (Å²) in [4.78, 5) is 20.1. The molecule has 68 valence electrons. The number of rotatable bonds is 3. The molecule has 0 aliphatic carbocycles. The average molecular weight is 219 g/mol. The molecule has 1 heterocycles. The first-order valence-corrected chi connectivity index (χ1v) is 3.44. The second kappa shape index (κ2) is 8.00. The number of nitroso groups, excluding NO2 is 1. The molecule has 1 aliphatic rings. The van der Waals surface area contributed by atoms with Crippen molar-refractivity contribution in [2.45, 2.75) is 18.9 Å². The van der Waals surface area contributed by atoms with Gasteiger partial charge in [0.1, 0.15) is 0 Å². The van der Waals surface area contributed by atoms with Crippen LogP contribution in [0.5, 0.6) is 0 Å². The number of hydrogen-bond donors (Lipinski definition) is 0. The Balaban J connectivity index is 0.